The molecule has 0 aromatic carbocycles. The Balaban J connectivity index is 4.19. The van der Waals surface area contributed by atoms with Crippen molar-refractivity contribution >= 4 is 13.7 Å². The van der Waals surface area contributed by atoms with Crippen LogP contribution >= 0.6 is 7.82 Å². The van der Waals surface area contributed by atoms with Gasteiger partial charge in [0.2, 0.25) is 5.91 Å². The number of phosphoric acid groups is 1. The number of nitrogens with one attached hydrogen (secondary N) is 1. The number of phosphoric ester groups is 1. The van der Waals surface area contributed by atoms with Crippen LogP contribution in [0.15, 0.2) is 60.8 Å². The van der Waals surface area contributed by atoms with Crippen LogP contribution < -0.4 is 5.32 Å². The molecule has 1 amide bonds. The Labute approximate surface area is 402 Å². The third kappa shape index (κ3) is 49.9. The summed E-state index contributed by atoms with van der Waals surface area (Å²) in [6.45, 7) is 4.66. The molecular formula is C56H106N2O6P+. The highest BCUT2D eigenvalue weighted by Gasteiger charge is 2.27. The molecule has 9 heteroatoms. The largest absolute Gasteiger partial charge is 0.472 e. The summed E-state index contributed by atoms with van der Waals surface area (Å²) >= 11 is 0. The van der Waals surface area contributed by atoms with Gasteiger partial charge in [0.25, 0.3) is 0 Å². The Morgan fingerprint density at radius 1 is 0.538 bits per heavy atom. The average molecular weight is 934 g/mol. The maximum Gasteiger partial charge on any atom is 0.472 e. The molecule has 0 heterocycles. The summed E-state index contributed by atoms with van der Waals surface area (Å²) in [6.07, 6.45) is 63.5. The number of aliphatic hydroxyl groups is 1. The summed E-state index contributed by atoms with van der Waals surface area (Å²) in [6, 6.07) is -0.881. The molecule has 0 aliphatic heterocycles. The van der Waals surface area contributed by atoms with E-state index in [0.29, 0.717) is 17.4 Å². The summed E-state index contributed by atoms with van der Waals surface area (Å²) < 4.78 is 23.6. The molecule has 3 N–H and O–H groups in total. The zero-order valence-electron chi connectivity index (χ0n) is 43.2. The summed E-state index contributed by atoms with van der Waals surface area (Å²) in [5, 5.41) is 13.8. The second kappa shape index (κ2) is 47.3. The Morgan fingerprint density at radius 3 is 1.42 bits per heavy atom. The van der Waals surface area contributed by atoms with Crippen molar-refractivity contribution in [1.82, 2.24) is 5.32 Å². The number of likely N-dealkylation sites (N-methyl/N-ethyl adjacent to an activating group) is 1. The van der Waals surface area contributed by atoms with Crippen molar-refractivity contribution in [3.63, 3.8) is 0 Å². The molecule has 3 atom stereocenters. The topological polar surface area (TPSA) is 105 Å². The van der Waals surface area contributed by atoms with Gasteiger partial charge in [0.05, 0.1) is 39.9 Å². The van der Waals surface area contributed by atoms with E-state index in [-0.39, 0.29) is 19.1 Å². The SMILES string of the molecule is CC/C=C\C/C=C\C/C=C\CCCCCC(=O)NC(COP(=O)(O)OCC[N+](C)(C)C)C(O)/C=C/CC/C=C/CCCCCCCCCCCCCCCCCCCCCCCCCC. The first-order valence-electron chi connectivity index (χ1n) is 27.2. The van der Waals surface area contributed by atoms with E-state index >= 15 is 0 Å². The van der Waals surface area contributed by atoms with Crippen LogP contribution in [0.4, 0.5) is 0 Å². The summed E-state index contributed by atoms with van der Waals surface area (Å²) in [4.78, 5) is 23.2. The number of hydrogen-bond donors (Lipinski definition) is 3. The monoisotopic (exact) mass is 934 g/mol. The molecule has 0 bridgehead atoms. The van der Waals surface area contributed by atoms with Crippen LogP contribution in [-0.2, 0) is 18.4 Å². The van der Waals surface area contributed by atoms with Crippen molar-refractivity contribution in [3.8, 4) is 0 Å². The predicted octanol–water partition coefficient (Wildman–Crippen LogP) is 16.1. The van der Waals surface area contributed by atoms with Crippen LogP contribution in [0.5, 0.6) is 0 Å². The summed E-state index contributed by atoms with van der Waals surface area (Å²) in [5.74, 6) is -0.216. The van der Waals surface area contributed by atoms with Gasteiger partial charge in [-0.15, -0.1) is 0 Å². The predicted molar refractivity (Wildman–Crippen MR) is 281 cm³/mol. The lowest BCUT2D eigenvalue weighted by Gasteiger charge is -2.25. The molecule has 0 aromatic heterocycles. The molecule has 0 rings (SSSR count). The molecular weight excluding hydrogens is 828 g/mol. The Bertz CT molecular complexity index is 1240. The van der Waals surface area contributed by atoms with Gasteiger partial charge in [0.15, 0.2) is 0 Å². The van der Waals surface area contributed by atoms with Crippen molar-refractivity contribution < 1.29 is 32.9 Å². The van der Waals surface area contributed by atoms with Crippen molar-refractivity contribution in [3.05, 3.63) is 60.8 Å². The van der Waals surface area contributed by atoms with Gasteiger partial charge < -0.3 is 19.8 Å². The fraction of sp³-hybridized carbons (Fsp3) is 0.804. The number of unbranched alkanes of at least 4 members (excludes halogenated alkanes) is 28. The first-order valence-corrected chi connectivity index (χ1v) is 28.7. The van der Waals surface area contributed by atoms with E-state index in [1.165, 1.54) is 154 Å². The number of nitrogens with zero attached hydrogens (tertiary/aromatic N) is 1. The molecule has 0 fully saturated rings. The quantitative estimate of drug-likeness (QED) is 0.0243. The van der Waals surface area contributed by atoms with Gasteiger partial charge in [-0.05, 0) is 64.2 Å². The van der Waals surface area contributed by atoms with E-state index in [1.54, 1.807) is 6.08 Å². The normalized spacial score (nSPS) is 14.5. The van der Waals surface area contributed by atoms with Crippen LogP contribution in [-0.4, -0.2) is 73.4 Å². The van der Waals surface area contributed by atoms with E-state index in [4.69, 9.17) is 9.05 Å². The molecule has 380 valence electrons. The second-order valence-electron chi connectivity index (χ2n) is 19.6. The van der Waals surface area contributed by atoms with Gasteiger partial charge in [0.1, 0.15) is 13.2 Å². The van der Waals surface area contributed by atoms with Gasteiger partial charge in [-0.1, -0.05) is 229 Å². The number of aliphatic hydroxyl groups excluding tert-OH is 1. The van der Waals surface area contributed by atoms with Crippen molar-refractivity contribution in [1.29, 1.82) is 0 Å². The maximum absolute atomic E-state index is 12.9. The van der Waals surface area contributed by atoms with Crippen LogP contribution in [0.1, 0.15) is 239 Å². The lowest BCUT2D eigenvalue weighted by atomic mass is 10.0. The van der Waals surface area contributed by atoms with E-state index in [2.05, 4.69) is 67.8 Å². The van der Waals surface area contributed by atoms with Gasteiger partial charge in [0, 0.05) is 6.42 Å². The standard InChI is InChI=1S/C56H105N2O6P/c1-6-8-10-12-14-16-18-20-21-22-23-24-25-26-27-28-29-30-31-32-33-34-35-36-38-39-41-43-45-47-49-55(59)54(53-64-65(61,62)63-52-51-58(3,4)5)57-56(60)50-48-46-44-42-40-37-19-17-15-13-11-9-7-2/h9,11,15,17,37,39-41,47,49,54-55,59H,6-8,10,12-14,16,18-36,38,42-46,48,50-53H2,1-5H3,(H-,57,60,61,62)/p+1/b11-9-,17-15-,40-37-,41-39+,49-47+. The molecule has 0 saturated carbocycles. The molecule has 0 saturated heterocycles. The number of quaternary nitrogens is 1. The zero-order valence-corrected chi connectivity index (χ0v) is 44.1. The number of allylic oxidation sites excluding steroid dienone is 9. The average Bonchev–Trinajstić information content (AvgIpc) is 3.26. The fourth-order valence-electron chi connectivity index (χ4n) is 7.72. The minimum atomic E-state index is -4.36. The van der Waals surface area contributed by atoms with Crippen LogP contribution in [0, 0.1) is 0 Å². The van der Waals surface area contributed by atoms with Crippen LogP contribution in [0.25, 0.3) is 0 Å². The molecule has 0 aromatic rings. The molecule has 8 nitrogen and oxygen atoms in total. The molecule has 0 aliphatic carbocycles. The lowest BCUT2D eigenvalue weighted by Crippen LogP contribution is -2.45. The van der Waals surface area contributed by atoms with Crippen LogP contribution in [0.3, 0.4) is 0 Å². The van der Waals surface area contributed by atoms with Gasteiger partial charge in [-0.25, -0.2) is 4.57 Å². The fourth-order valence-corrected chi connectivity index (χ4v) is 8.46. The Kier molecular flexibility index (Phi) is 46.0. The van der Waals surface area contributed by atoms with Crippen molar-refractivity contribution in [2.45, 2.75) is 251 Å². The molecule has 0 radical (unpaired) electrons. The number of amides is 1. The number of carbonyl (C=O) groups is 1. The second-order valence-corrected chi connectivity index (χ2v) is 21.0. The first-order chi connectivity index (χ1) is 31.5. The Hall–Kier alpha value is -1.80. The molecule has 0 aliphatic rings. The Morgan fingerprint density at radius 2 is 0.938 bits per heavy atom. The van der Waals surface area contributed by atoms with Gasteiger partial charge in [-0.3, -0.25) is 13.8 Å². The van der Waals surface area contributed by atoms with Crippen molar-refractivity contribution in [2.75, 3.05) is 40.9 Å². The highest BCUT2D eigenvalue weighted by Crippen LogP contribution is 2.43. The maximum atomic E-state index is 12.9. The smallest absolute Gasteiger partial charge is 0.387 e. The minimum absolute atomic E-state index is 0.0481. The number of rotatable bonds is 49. The van der Waals surface area contributed by atoms with E-state index < -0.39 is 20.0 Å². The van der Waals surface area contributed by atoms with Crippen LogP contribution in [0.2, 0.25) is 0 Å². The van der Waals surface area contributed by atoms with E-state index in [9.17, 15) is 19.4 Å². The lowest BCUT2D eigenvalue weighted by molar-refractivity contribution is -0.870. The van der Waals surface area contributed by atoms with Crippen molar-refractivity contribution in [2.24, 2.45) is 0 Å². The molecule has 65 heavy (non-hydrogen) atoms. The first kappa shape index (κ1) is 63.2. The summed E-state index contributed by atoms with van der Waals surface area (Å²) in [7, 11) is 1.53. The van der Waals surface area contributed by atoms with E-state index in [0.717, 1.165) is 64.2 Å². The third-order valence-corrected chi connectivity index (χ3v) is 13.0. The molecule has 3 unspecified atom stereocenters. The number of carbonyl (C=O) groups excluding carboxylic acids is 1. The minimum Gasteiger partial charge on any atom is -0.387 e. The summed E-state index contributed by atoms with van der Waals surface area (Å²) in [5.41, 5.74) is 0. The highest BCUT2D eigenvalue weighted by molar-refractivity contribution is 7.47. The van der Waals surface area contributed by atoms with E-state index in [1.807, 2.05) is 27.2 Å². The van der Waals surface area contributed by atoms with Gasteiger partial charge in [-0.2, -0.15) is 0 Å². The van der Waals surface area contributed by atoms with Gasteiger partial charge >= 0.3 is 7.82 Å². The third-order valence-electron chi connectivity index (χ3n) is 12.0. The number of hydrogen-bond acceptors (Lipinski definition) is 5. The highest BCUT2D eigenvalue weighted by atomic mass is 31.2. The molecule has 0 spiro atoms. The zero-order chi connectivity index (χ0) is 47.8.